The number of rotatable bonds is 6. The summed E-state index contributed by atoms with van der Waals surface area (Å²) in [5, 5.41) is 3.22. The van der Waals surface area contributed by atoms with Crippen molar-refractivity contribution >= 4 is 5.96 Å². The van der Waals surface area contributed by atoms with Gasteiger partial charge in [0.05, 0.1) is 13.2 Å². The fourth-order valence-electron chi connectivity index (χ4n) is 1.65. The molecule has 0 unspecified atom stereocenters. The van der Waals surface area contributed by atoms with Crippen LogP contribution >= 0.6 is 0 Å². The lowest BCUT2D eigenvalue weighted by atomic mass is 10.2. The Kier molecular flexibility index (Phi) is 6.89. The molecule has 0 saturated heterocycles. The van der Waals surface area contributed by atoms with Gasteiger partial charge in [-0.1, -0.05) is 12.1 Å². The molecule has 19 heavy (non-hydrogen) atoms. The third kappa shape index (κ3) is 5.70. The summed E-state index contributed by atoms with van der Waals surface area (Å²) in [7, 11) is 3.61. The molecule has 0 aliphatic carbocycles. The number of hydrogen-bond donors (Lipinski definition) is 1. The molecule has 0 bridgehead atoms. The quantitative estimate of drug-likeness (QED) is 0.486. The van der Waals surface area contributed by atoms with Crippen LogP contribution in [0.4, 0.5) is 4.39 Å². The summed E-state index contributed by atoms with van der Waals surface area (Å²) < 4.78 is 17.8. The fourth-order valence-corrected chi connectivity index (χ4v) is 1.65. The molecule has 0 aliphatic rings. The van der Waals surface area contributed by atoms with Gasteiger partial charge in [0.1, 0.15) is 5.82 Å². The molecule has 0 atom stereocenters. The molecule has 1 aromatic rings. The van der Waals surface area contributed by atoms with E-state index in [9.17, 15) is 4.39 Å². The highest BCUT2D eigenvalue weighted by Crippen LogP contribution is 2.05. The van der Waals surface area contributed by atoms with E-state index in [0.717, 1.165) is 18.1 Å². The number of guanidine groups is 1. The van der Waals surface area contributed by atoms with Crippen LogP contribution in [0.2, 0.25) is 0 Å². The summed E-state index contributed by atoms with van der Waals surface area (Å²) in [6.45, 7) is 4.72. The molecule has 5 heteroatoms. The van der Waals surface area contributed by atoms with Crippen LogP contribution in [-0.4, -0.2) is 44.7 Å². The molecule has 1 rings (SSSR count). The first kappa shape index (κ1) is 15.4. The predicted octanol–water partition coefficient (Wildman–Crippen LogP) is 1.87. The second kappa shape index (κ2) is 8.48. The lowest BCUT2D eigenvalue weighted by molar-refractivity contribution is 0.207. The summed E-state index contributed by atoms with van der Waals surface area (Å²) in [5.41, 5.74) is 1.04. The molecule has 0 spiro atoms. The van der Waals surface area contributed by atoms with Gasteiger partial charge < -0.3 is 15.0 Å². The van der Waals surface area contributed by atoms with Gasteiger partial charge in [-0.05, 0) is 24.6 Å². The monoisotopic (exact) mass is 267 g/mol. The van der Waals surface area contributed by atoms with E-state index in [2.05, 4.69) is 10.3 Å². The van der Waals surface area contributed by atoms with Gasteiger partial charge in [0.2, 0.25) is 0 Å². The van der Waals surface area contributed by atoms with Crippen molar-refractivity contribution in [3.63, 3.8) is 0 Å². The molecular weight excluding hydrogens is 245 g/mol. The van der Waals surface area contributed by atoms with Crippen molar-refractivity contribution in [2.45, 2.75) is 13.5 Å². The molecule has 1 aromatic carbocycles. The minimum Gasteiger partial charge on any atom is -0.383 e. The van der Waals surface area contributed by atoms with Gasteiger partial charge in [-0.25, -0.2) is 4.39 Å². The summed E-state index contributed by atoms with van der Waals surface area (Å²) in [5.74, 6) is 0.607. The Labute approximate surface area is 114 Å². The SMILES string of the molecule is CCNC(=NCCOC)N(C)Cc1ccc(F)cc1. The van der Waals surface area contributed by atoms with Gasteiger partial charge in [-0.15, -0.1) is 0 Å². The smallest absolute Gasteiger partial charge is 0.194 e. The molecule has 0 fully saturated rings. The predicted molar refractivity (Wildman–Crippen MR) is 75.7 cm³/mol. The molecule has 0 saturated carbocycles. The van der Waals surface area contributed by atoms with Crippen molar-refractivity contribution in [2.75, 3.05) is 33.9 Å². The molecule has 0 amide bonds. The van der Waals surface area contributed by atoms with Crippen LogP contribution in [0.15, 0.2) is 29.3 Å². The number of methoxy groups -OCH3 is 1. The number of halogens is 1. The van der Waals surface area contributed by atoms with Gasteiger partial charge >= 0.3 is 0 Å². The molecule has 0 aliphatic heterocycles. The summed E-state index contributed by atoms with van der Waals surface area (Å²) in [4.78, 5) is 6.46. The van der Waals surface area contributed by atoms with Crippen molar-refractivity contribution in [3.8, 4) is 0 Å². The van der Waals surface area contributed by atoms with Gasteiger partial charge in [0.25, 0.3) is 0 Å². The Morgan fingerprint density at radius 2 is 2.05 bits per heavy atom. The lowest BCUT2D eigenvalue weighted by Crippen LogP contribution is -2.38. The summed E-state index contributed by atoms with van der Waals surface area (Å²) in [6.07, 6.45) is 0. The van der Waals surface area contributed by atoms with E-state index in [1.807, 2.05) is 18.9 Å². The largest absolute Gasteiger partial charge is 0.383 e. The second-order valence-electron chi connectivity index (χ2n) is 4.21. The normalized spacial score (nSPS) is 11.5. The van der Waals surface area contributed by atoms with Gasteiger partial charge in [0, 0.05) is 27.2 Å². The van der Waals surface area contributed by atoms with E-state index in [1.165, 1.54) is 12.1 Å². The number of aliphatic imine (C=N–C) groups is 1. The number of ether oxygens (including phenoxy) is 1. The average Bonchev–Trinajstić information content (AvgIpc) is 2.40. The first-order chi connectivity index (χ1) is 9.17. The Hall–Kier alpha value is -1.62. The van der Waals surface area contributed by atoms with E-state index in [1.54, 1.807) is 19.2 Å². The number of nitrogens with one attached hydrogen (secondary N) is 1. The Balaban J connectivity index is 2.62. The third-order valence-electron chi connectivity index (χ3n) is 2.59. The number of nitrogens with zero attached hydrogens (tertiary/aromatic N) is 2. The van der Waals surface area contributed by atoms with E-state index in [4.69, 9.17) is 4.74 Å². The molecule has 0 radical (unpaired) electrons. The summed E-state index contributed by atoms with van der Waals surface area (Å²) in [6, 6.07) is 6.51. The first-order valence-electron chi connectivity index (χ1n) is 6.40. The zero-order chi connectivity index (χ0) is 14.1. The topological polar surface area (TPSA) is 36.9 Å². The Morgan fingerprint density at radius 3 is 2.63 bits per heavy atom. The number of hydrogen-bond acceptors (Lipinski definition) is 2. The van der Waals surface area contributed by atoms with Crippen molar-refractivity contribution in [3.05, 3.63) is 35.6 Å². The van der Waals surface area contributed by atoms with Crippen LogP contribution in [-0.2, 0) is 11.3 Å². The minimum atomic E-state index is -0.216. The van der Waals surface area contributed by atoms with E-state index in [0.29, 0.717) is 19.7 Å². The van der Waals surface area contributed by atoms with Crippen LogP contribution in [0.1, 0.15) is 12.5 Å². The van der Waals surface area contributed by atoms with Crippen molar-refractivity contribution in [1.82, 2.24) is 10.2 Å². The van der Waals surface area contributed by atoms with Crippen LogP contribution < -0.4 is 5.32 Å². The minimum absolute atomic E-state index is 0.216. The van der Waals surface area contributed by atoms with Crippen molar-refractivity contribution < 1.29 is 9.13 Å². The maximum absolute atomic E-state index is 12.8. The first-order valence-corrected chi connectivity index (χ1v) is 6.40. The molecule has 1 N–H and O–H groups in total. The van der Waals surface area contributed by atoms with Crippen molar-refractivity contribution in [2.24, 2.45) is 4.99 Å². The maximum atomic E-state index is 12.8. The van der Waals surface area contributed by atoms with Gasteiger partial charge in [0.15, 0.2) is 5.96 Å². The molecular formula is C14H22FN3O. The maximum Gasteiger partial charge on any atom is 0.194 e. The zero-order valence-corrected chi connectivity index (χ0v) is 11.8. The van der Waals surface area contributed by atoms with Gasteiger partial charge in [-0.3, -0.25) is 4.99 Å². The highest BCUT2D eigenvalue weighted by Gasteiger charge is 2.06. The van der Waals surface area contributed by atoms with Crippen LogP contribution in [0, 0.1) is 5.82 Å². The molecule has 0 aromatic heterocycles. The molecule has 106 valence electrons. The van der Waals surface area contributed by atoms with Crippen LogP contribution in [0.25, 0.3) is 0 Å². The van der Waals surface area contributed by atoms with Crippen LogP contribution in [0.5, 0.6) is 0 Å². The zero-order valence-electron chi connectivity index (χ0n) is 11.8. The van der Waals surface area contributed by atoms with E-state index >= 15 is 0 Å². The standard InChI is InChI=1S/C14H22FN3O/c1-4-16-14(17-9-10-19-3)18(2)11-12-5-7-13(15)8-6-12/h5-8H,4,9-11H2,1-3H3,(H,16,17). The van der Waals surface area contributed by atoms with Gasteiger partial charge in [-0.2, -0.15) is 0 Å². The highest BCUT2D eigenvalue weighted by molar-refractivity contribution is 5.79. The number of benzene rings is 1. The average molecular weight is 267 g/mol. The Bertz CT molecular complexity index is 392. The fraction of sp³-hybridized carbons (Fsp3) is 0.500. The Morgan fingerprint density at radius 1 is 1.37 bits per heavy atom. The molecule has 4 nitrogen and oxygen atoms in total. The van der Waals surface area contributed by atoms with Crippen LogP contribution in [0.3, 0.4) is 0 Å². The van der Waals surface area contributed by atoms with Crippen molar-refractivity contribution in [1.29, 1.82) is 0 Å². The summed E-state index contributed by atoms with van der Waals surface area (Å²) >= 11 is 0. The molecule has 0 heterocycles. The highest BCUT2D eigenvalue weighted by atomic mass is 19.1. The third-order valence-corrected chi connectivity index (χ3v) is 2.59. The second-order valence-corrected chi connectivity index (χ2v) is 4.21. The van der Waals surface area contributed by atoms with E-state index in [-0.39, 0.29) is 5.82 Å². The lowest BCUT2D eigenvalue weighted by Gasteiger charge is -2.22. The van der Waals surface area contributed by atoms with E-state index < -0.39 is 0 Å².